The van der Waals surface area contributed by atoms with Crippen molar-refractivity contribution in [1.29, 1.82) is 0 Å². The van der Waals surface area contributed by atoms with Crippen LogP contribution in [0.5, 0.6) is 0 Å². The Hall–Kier alpha value is -1.35. The fraction of sp³-hybridized carbons (Fsp3) is 0.500. The number of aryl methyl sites for hydroxylation is 2. The third-order valence-corrected chi connectivity index (χ3v) is 3.26. The van der Waals surface area contributed by atoms with E-state index in [0.717, 1.165) is 34.3 Å². The normalized spacial score (nSPS) is 12.3. The lowest BCUT2D eigenvalue weighted by molar-refractivity contribution is 0.393. The van der Waals surface area contributed by atoms with Crippen molar-refractivity contribution in [2.75, 3.05) is 0 Å². The van der Waals surface area contributed by atoms with Gasteiger partial charge in [-0.3, -0.25) is 0 Å². The van der Waals surface area contributed by atoms with E-state index in [4.69, 9.17) is 4.42 Å². The van der Waals surface area contributed by atoms with Gasteiger partial charge in [-0.2, -0.15) is 0 Å². The SMILES string of the molecule is CCc1c(CNC(C)(C)C)oc2c(C)cc(F)cc12. The Labute approximate surface area is 114 Å². The predicted octanol–water partition coefficient (Wildman–Crippen LogP) is 4.33. The van der Waals surface area contributed by atoms with Gasteiger partial charge in [0.2, 0.25) is 0 Å². The van der Waals surface area contributed by atoms with E-state index in [0.29, 0.717) is 6.54 Å². The first-order valence-corrected chi connectivity index (χ1v) is 6.77. The van der Waals surface area contributed by atoms with Gasteiger partial charge in [-0.05, 0) is 51.8 Å². The quantitative estimate of drug-likeness (QED) is 0.891. The van der Waals surface area contributed by atoms with Gasteiger partial charge in [-0.15, -0.1) is 0 Å². The van der Waals surface area contributed by atoms with Crippen LogP contribution in [0.3, 0.4) is 0 Å². The highest BCUT2D eigenvalue weighted by Gasteiger charge is 2.17. The highest BCUT2D eigenvalue weighted by molar-refractivity contribution is 5.85. The standard InChI is InChI=1S/C16H22FNO/c1-6-12-13-8-11(17)7-10(2)15(13)19-14(12)9-18-16(3,4)5/h7-8,18H,6,9H2,1-5H3. The van der Waals surface area contributed by atoms with Gasteiger partial charge in [-0.1, -0.05) is 6.92 Å². The van der Waals surface area contributed by atoms with Crippen molar-refractivity contribution in [3.8, 4) is 0 Å². The van der Waals surface area contributed by atoms with Gasteiger partial charge < -0.3 is 9.73 Å². The summed E-state index contributed by atoms with van der Waals surface area (Å²) in [6.45, 7) is 11.0. The zero-order chi connectivity index (χ0) is 14.2. The monoisotopic (exact) mass is 263 g/mol. The molecule has 1 aromatic heterocycles. The maximum Gasteiger partial charge on any atom is 0.137 e. The Morgan fingerprint density at radius 2 is 1.95 bits per heavy atom. The van der Waals surface area contributed by atoms with Crippen LogP contribution in [0.2, 0.25) is 0 Å². The minimum Gasteiger partial charge on any atom is -0.459 e. The van der Waals surface area contributed by atoms with E-state index < -0.39 is 0 Å². The van der Waals surface area contributed by atoms with E-state index in [1.807, 2.05) is 6.92 Å². The molecule has 0 saturated carbocycles. The third kappa shape index (κ3) is 2.98. The molecule has 0 radical (unpaired) electrons. The largest absolute Gasteiger partial charge is 0.459 e. The maximum absolute atomic E-state index is 13.5. The van der Waals surface area contributed by atoms with Crippen molar-refractivity contribution >= 4 is 11.0 Å². The van der Waals surface area contributed by atoms with Crippen LogP contribution in [0.4, 0.5) is 4.39 Å². The molecule has 0 amide bonds. The molecule has 0 aliphatic carbocycles. The van der Waals surface area contributed by atoms with Gasteiger partial charge >= 0.3 is 0 Å². The molecule has 0 aliphatic heterocycles. The van der Waals surface area contributed by atoms with E-state index in [1.54, 1.807) is 6.07 Å². The molecule has 0 fully saturated rings. The summed E-state index contributed by atoms with van der Waals surface area (Å²) in [5.41, 5.74) is 2.80. The Bertz CT molecular complexity index is 593. The van der Waals surface area contributed by atoms with E-state index in [2.05, 4.69) is 33.0 Å². The zero-order valence-corrected chi connectivity index (χ0v) is 12.4. The number of nitrogens with one attached hydrogen (secondary N) is 1. The number of furan rings is 1. The average molecular weight is 263 g/mol. The first kappa shape index (κ1) is 14.1. The number of halogens is 1. The molecule has 0 unspecified atom stereocenters. The van der Waals surface area contributed by atoms with Crippen LogP contribution in [-0.2, 0) is 13.0 Å². The molecule has 2 nitrogen and oxygen atoms in total. The first-order valence-electron chi connectivity index (χ1n) is 6.77. The Kier molecular flexibility index (Phi) is 3.68. The molecule has 104 valence electrons. The first-order chi connectivity index (χ1) is 8.81. The summed E-state index contributed by atoms with van der Waals surface area (Å²) in [5.74, 6) is 0.719. The summed E-state index contributed by atoms with van der Waals surface area (Å²) in [6.07, 6.45) is 0.844. The van der Waals surface area contributed by atoms with E-state index >= 15 is 0 Å². The van der Waals surface area contributed by atoms with Gasteiger partial charge in [0.1, 0.15) is 17.2 Å². The van der Waals surface area contributed by atoms with Crippen molar-refractivity contribution < 1.29 is 8.81 Å². The van der Waals surface area contributed by atoms with Crippen LogP contribution in [-0.4, -0.2) is 5.54 Å². The fourth-order valence-electron chi connectivity index (χ4n) is 2.30. The van der Waals surface area contributed by atoms with Crippen LogP contribution in [0.25, 0.3) is 11.0 Å². The molecule has 2 rings (SSSR count). The molecule has 0 atom stereocenters. The Morgan fingerprint density at radius 1 is 1.26 bits per heavy atom. The molecule has 1 aromatic carbocycles. The lowest BCUT2D eigenvalue weighted by Gasteiger charge is -2.19. The predicted molar refractivity (Wildman–Crippen MR) is 76.9 cm³/mol. The van der Waals surface area contributed by atoms with Crippen molar-refractivity contribution in [3.05, 3.63) is 34.8 Å². The topological polar surface area (TPSA) is 25.2 Å². The van der Waals surface area contributed by atoms with Crippen LogP contribution >= 0.6 is 0 Å². The third-order valence-electron chi connectivity index (χ3n) is 3.26. The van der Waals surface area contributed by atoms with E-state index in [-0.39, 0.29) is 11.4 Å². The molecular weight excluding hydrogens is 241 g/mol. The van der Waals surface area contributed by atoms with Crippen LogP contribution < -0.4 is 5.32 Å². The van der Waals surface area contributed by atoms with Crippen LogP contribution in [0, 0.1) is 12.7 Å². The summed E-state index contributed by atoms with van der Waals surface area (Å²) in [4.78, 5) is 0. The second kappa shape index (κ2) is 4.97. The van der Waals surface area contributed by atoms with Gasteiger partial charge in [0.15, 0.2) is 0 Å². The molecule has 2 aromatic rings. The number of fused-ring (bicyclic) bond motifs is 1. The second-order valence-electron chi connectivity index (χ2n) is 6.06. The zero-order valence-electron chi connectivity index (χ0n) is 12.4. The number of benzene rings is 1. The fourth-order valence-corrected chi connectivity index (χ4v) is 2.30. The van der Waals surface area contributed by atoms with Gasteiger partial charge in [0, 0.05) is 16.5 Å². The molecule has 3 heteroatoms. The molecule has 0 bridgehead atoms. The van der Waals surface area contributed by atoms with E-state index in [9.17, 15) is 4.39 Å². The Balaban J connectivity index is 2.47. The Morgan fingerprint density at radius 3 is 2.53 bits per heavy atom. The van der Waals surface area contributed by atoms with Gasteiger partial charge in [-0.25, -0.2) is 4.39 Å². The molecule has 0 aliphatic rings. The smallest absolute Gasteiger partial charge is 0.137 e. The molecule has 0 spiro atoms. The molecule has 1 heterocycles. The average Bonchev–Trinajstić information content (AvgIpc) is 2.63. The second-order valence-corrected chi connectivity index (χ2v) is 6.06. The van der Waals surface area contributed by atoms with Crippen molar-refractivity contribution in [1.82, 2.24) is 5.32 Å². The highest BCUT2D eigenvalue weighted by atomic mass is 19.1. The van der Waals surface area contributed by atoms with Crippen LogP contribution in [0.1, 0.15) is 44.6 Å². The van der Waals surface area contributed by atoms with Crippen molar-refractivity contribution in [2.24, 2.45) is 0 Å². The van der Waals surface area contributed by atoms with Gasteiger partial charge in [0.25, 0.3) is 0 Å². The maximum atomic E-state index is 13.5. The summed E-state index contributed by atoms with van der Waals surface area (Å²) in [5, 5.41) is 4.33. The highest BCUT2D eigenvalue weighted by Crippen LogP contribution is 2.30. The van der Waals surface area contributed by atoms with Crippen molar-refractivity contribution in [3.63, 3.8) is 0 Å². The molecular formula is C16H22FNO. The number of hydrogen-bond donors (Lipinski definition) is 1. The molecule has 1 N–H and O–H groups in total. The minimum atomic E-state index is -0.198. The van der Waals surface area contributed by atoms with E-state index in [1.165, 1.54) is 6.07 Å². The lowest BCUT2D eigenvalue weighted by Crippen LogP contribution is -2.35. The summed E-state index contributed by atoms with van der Waals surface area (Å²) >= 11 is 0. The minimum absolute atomic E-state index is 0.0320. The van der Waals surface area contributed by atoms with Crippen molar-refractivity contribution in [2.45, 2.75) is 53.1 Å². The van der Waals surface area contributed by atoms with Crippen LogP contribution in [0.15, 0.2) is 16.5 Å². The lowest BCUT2D eigenvalue weighted by atomic mass is 10.0. The summed E-state index contributed by atoms with van der Waals surface area (Å²) in [7, 11) is 0. The summed E-state index contributed by atoms with van der Waals surface area (Å²) in [6, 6.07) is 3.09. The molecule has 0 saturated heterocycles. The number of hydrogen-bond acceptors (Lipinski definition) is 2. The van der Waals surface area contributed by atoms with Gasteiger partial charge in [0.05, 0.1) is 6.54 Å². The summed E-state index contributed by atoms with van der Waals surface area (Å²) < 4.78 is 19.5. The number of rotatable bonds is 3. The molecule has 19 heavy (non-hydrogen) atoms.